The Labute approximate surface area is 312 Å². The SMILES string of the molecule is CCCCCCCCCCCCCC[C@@H](O)[C@@H](O)[C@H](COC1OC(CO)C(O)C(O)[C@@H]1O)NC(=O)CCCCCCCCCCc1ccc(F)cc1. The van der Waals surface area contributed by atoms with Gasteiger partial charge >= 0.3 is 0 Å². The number of aryl methyl sites for hydroxylation is 1. The fourth-order valence-electron chi connectivity index (χ4n) is 6.87. The maximum Gasteiger partial charge on any atom is 0.220 e. The Morgan fingerprint density at radius 2 is 1.27 bits per heavy atom. The molecule has 1 amide bonds. The highest BCUT2D eigenvalue weighted by atomic mass is 19.1. The van der Waals surface area contributed by atoms with E-state index in [2.05, 4.69) is 12.2 Å². The molecule has 1 aliphatic heterocycles. The second-order valence-corrected chi connectivity index (χ2v) is 14.9. The summed E-state index contributed by atoms with van der Waals surface area (Å²) >= 11 is 0. The van der Waals surface area contributed by atoms with Gasteiger partial charge in [0.25, 0.3) is 0 Å². The van der Waals surface area contributed by atoms with Crippen LogP contribution in [0.3, 0.4) is 0 Å². The van der Waals surface area contributed by atoms with Crippen LogP contribution in [-0.2, 0) is 20.7 Å². The number of halogens is 1. The fourth-order valence-corrected chi connectivity index (χ4v) is 6.87. The van der Waals surface area contributed by atoms with Crippen molar-refractivity contribution in [3.05, 3.63) is 35.6 Å². The first-order valence-corrected chi connectivity index (χ1v) is 20.5. The summed E-state index contributed by atoms with van der Waals surface area (Å²) in [7, 11) is 0. The highest BCUT2D eigenvalue weighted by molar-refractivity contribution is 5.76. The van der Waals surface area contributed by atoms with E-state index in [9.17, 15) is 39.8 Å². The molecule has 0 aromatic heterocycles. The Bertz CT molecular complexity index is 1020. The van der Waals surface area contributed by atoms with Gasteiger partial charge in [0, 0.05) is 6.42 Å². The van der Waals surface area contributed by atoms with Crippen molar-refractivity contribution in [2.24, 2.45) is 0 Å². The lowest BCUT2D eigenvalue weighted by molar-refractivity contribution is -0.303. The number of unbranched alkanes of at least 4 members (excludes halogenated alkanes) is 18. The van der Waals surface area contributed by atoms with Crippen LogP contribution in [0.4, 0.5) is 4.39 Å². The molecule has 11 heteroatoms. The summed E-state index contributed by atoms with van der Waals surface area (Å²) in [6.07, 6.45) is 14.1. The predicted octanol–water partition coefficient (Wildman–Crippen LogP) is 5.99. The molecule has 1 heterocycles. The first-order valence-electron chi connectivity index (χ1n) is 20.5. The number of nitrogens with one attached hydrogen (secondary N) is 1. The van der Waals surface area contributed by atoms with Gasteiger partial charge in [-0.15, -0.1) is 0 Å². The molecular weight excluding hydrogens is 669 g/mol. The lowest BCUT2D eigenvalue weighted by atomic mass is 9.98. The number of carbonyl (C=O) groups excluding carboxylic acids is 1. The number of aliphatic hydroxyl groups excluding tert-OH is 6. The molecule has 0 saturated carbocycles. The second-order valence-electron chi connectivity index (χ2n) is 14.9. The molecule has 0 radical (unpaired) electrons. The third kappa shape index (κ3) is 19.6. The maximum atomic E-state index is 13.0. The van der Waals surface area contributed by atoms with Crippen molar-refractivity contribution in [2.75, 3.05) is 13.2 Å². The van der Waals surface area contributed by atoms with Gasteiger partial charge in [0.1, 0.15) is 36.3 Å². The minimum absolute atomic E-state index is 0.210. The molecule has 7 N–H and O–H groups in total. The third-order valence-corrected chi connectivity index (χ3v) is 10.3. The number of hydrogen-bond donors (Lipinski definition) is 7. The van der Waals surface area contributed by atoms with Crippen LogP contribution in [0.5, 0.6) is 0 Å². The number of benzene rings is 1. The normalized spacial score (nSPS) is 22.3. The number of carbonyl (C=O) groups is 1. The van der Waals surface area contributed by atoms with Gasteiger partial charge in [0.2, 0.25) is 5.91 Å². The van der Waals surface area contributed by atoms with Gasteiger partial charge in [-0.1, -0.05) is 135 Å². The Morgan fingerprint density at radius 1 is 0.750 bits per heavy atom. The van der Waals surface area contributed by atoms with Crippen LogP contribution in [0.2, 0.25) is 0 Å². The average molecular weight is 742 g/mol. The summed E-state index contributed by atoms with van der Waals surface area (Å²) in [6.45, 7) is 1.29. The summed E-state index contributed by atoms with van der Waals surface area (Å²) in [5.41, 5.74) is 1.16. The smallest absolute Gasteiger partial charge is 0.220 e. The largest absolute Gasteiger partial charge is 0.394 e. The second kappa shape index (κ2) is 28.7. The van der Waals surface area contributed by atoms with E-state index in [0.29, 0.717) is 12.8 Å². The lowest BCUT2D eigenvalue weighted by Crippen LogP contribution is -2.60. The van der Waals surface area contributed by atoms with Gasteiger partial charge in [-0.05, 0) is 43.4 Å². The molecule has 52 heavy (non-hydrogen) atoms. The molecule has 10 nitrogen and oxygen atoms in total. The topological polar surface area (TPSA) is 169 Å². The summed E-state index contributed by atoms with van der Waals surface area (Å²) < 4.78 is 24.1. The predicted molar refractivity (Wildman–Crippen MR) is 201 cm³/mol. The van der Waals surface area contributed by atoms with E-state index in [1.165, 1.54) is 63.5 Å². The molecule has 1 aliphatic rings. The molecule has 2 rings (SSSR count). The van der Waals surface area contributed by atoms with Crippen molar-refractivity contribution in [3.63, 3.8) is 0 Å². The molecule has 302 valence electrons. The summed E-state index contributed by atoms with van der Waals surface area (Å²) in [5.74, 6) is -0.502. The Kier molecular flexibility index (Phi) is 25.6. The Morgan fingerprint density at radius 3 is 1.83 bits per heavy atom. The maximum absolute atomic E-state index is 13.0. The van der Waals surface area contributed by atoms with Gasteiger partial charge in [-0.3, -0.25) is 4.79 Å². The van der Waals surface area contributed by atoms with E-state index in [1.807, 2.05) is 12.1 Å². The highest BCUT2D eigenvalue weighted by Crippen LogP contribution is 2.23. The monoisotopic (exact) mass is 742 g/mol. The zero-order chi connectivity index (χ0) is 38.0. The highest BCUT2D eigenvalue weighted by Gasteiger charge is 2.44. The summed E-state index contributed by atoms with van der Waals surface area (Å²) in [6, 6.07) is 5.66. The van der Waals surface area contributed by atoms with Gasteiger partial charge < -0.3 is 45.4 Å². The van der Waals surface area contributed by atoms with Crippen molar-refractivity contribution in [3.8, 4) is 0 Å². The van der Waals surface area contributed by atoms with E-state index in [1.54, 1.807) is 0 Å². The number of amides is 1. The number of aliphatic hydroxyl groups is 6. The molecule has 0 aliphatic carbocycles. The number of rotatable bonds is 31. The molecule has 1 aromatic carbocycles. The van der Waals surface area contributed by atoms with Crippen molar-refractivity contribution in [1.82, 2.24) is 5.32 Å². The van der Waals surface area contributed by atoms with Crippen LogP contribution in [0, 0.1) is 5.82 Å². The van der Waals surface area contributed by atoms with E-state index >= 15 is 0 Å². The third-order valence-electron chi connectivity index (χ3n) is 10.3. The van der Waals surface area contributed by atoms with Crippen LogP contribution >= 0.6 is 0 Å². The quantitative estimate of drug-likeness (QED) is 0.0452. The summed E-state index contributed by atoms with van der Waals surface area (Å²) in [4.78, 5) is 12.9. The minimum Gasteiger partial charge on any atom is -0.394 e. The first-order chi connectivity index (χ1) is 25.2. The molecule has 0 spiro atoms. The molecular formula is C41H72FNO9. The van der Waals surface area contributed by atoms with Crippen molar-refractivity contribution < 1.29 is 49.3 Å². The van der Waals surface area contributed by atoms with Gasteiger partial charge in [0.15, 0.2) is 6.29 Å². The van der Waals surface area contributed by atoms with Crippen LogP contribution < -0.4 is 5.32 Å². The van der Waals surface area contributed by atoms with Crippen molar-refractivity contribution >= 4 is 5.91 Å². The average Bonchev–Trinajstić information content (AvgIpc) is 3.14. The molecule has 1 aromatic rings. The molecule has 1 saturated heterocycles. The van der Waals surface area contributed by atoms with E-state index in [4.69, 9.17) is 9.47 Å². The Hall–Kier alpha value is -1.70. The van der Waals surface area contributed by atoms with Crippen LogP contribution in [0.25, 0.3) is 0 Å². The fraction of sp³-hybridized carbons (Fsp3) is 0.829. The lowest BCUT2D eigenvalue weighted by Gasteiger charge is -2.40. The van der Waals surface area contributed by atoms with Crippen LogP contribution in [0.1, 0.15) is 154 Å². The molecule has 1 fully saturated rings. The van der Waals surface area contributed by atoms with Crippen molar-refractivity contribution in [1.29, 1.82) is 0 Å². The molecule has 0 bridgehead atoms. The molecule has 8 atom stereocenters. The zero-order valence-corrected chi connectivity index (χ0v) is 31.9. The van der Waals surface area contributed by atoms with E-state index in [0.717, 1.165) is 82.6 Å². The molecule has 4 unspecified atom stereocenters. The standard InChI is InChI=1S/C41H72FNO9/c1-2-3-4-5-6-7-8-9-10-14-17-20-23-34(45)37(47)33(30-51-41-40(50)39(49)38(48)35(29-44)52-41)43-36(46)24-21-18-15-12-11-13-16-19-22-31-25-27-32(42)28-26-31/h25-28,33-35,37-41,44-45,47-50H,2-24,29-30H2,1H3,(H,43,46)/t33-,34+,35?,37-,38?,39?,40-,41?/m0/s1. The van der Waals surface area contributed by atoms with Gasteiger partial charge in [-0.25, -0.2) is 4.39 Å². The van der Waals surface area contributed by atoms with Crippen molar-refractivity contribution in [2.45, 2.75) is 204 Å². The minimum atomic E-state index is -1.62. The number of ether oxygens (including phenoxy) is 2. The zero-order valence-electron chi connectivity index (χ0n) is 31.9. The van der Waals surface area contributed by atoms with Crippen LogP contribution in [0.15, 0.2) is 24.3 Å². The van der Waals surface area contributed by atoms with Gasteiger partial charge in [0.05, 0.1) is 25.4 Å². The first kappa shape index (κ1) is 46.5. The van der Waals surface area contributed by atoms with Crippen LogP contribution in [-0.4, -0.2) is 98.7 Å². The Balaban J connectivity index is 1.72. The number of hydrogen-bond acceptors (Lipinski definition) is 9. The van der Waals surface area contributed by atoms with E-state index < -0.39 is 55.6 Å². The summed E-state index contributed by atoms with van der Waals surface area (Å²) in [5, 5.41) is 64.9. The van der Waals surface area contributed by atoms with E-state index in [-0.39, 0.29) is 24.8 Å². The van der Waals surface area contributed by atoms with Gasteiger partial charge in [-0.2, -0.15) is 0 Å².